The van der Waals surface area contributed by atoms with Gasteiger partial charge in [-0.15, -0.1) is 0 Å². The molecule has 7 heteroatoms. The van der Waals surface area contributed by atoms with E-state index >= 15 is 0 Å². The van der Waals surface area contributed by atoms with Crippen molar-refractivity contribution in [3.8, 4) is 11.5 Å². The van der Waals surface area contributed by atoms with Gasteiger partial charge in [0.1, 0.15) is 5.60 Å². The fraction of sp³-hybridized carbons (Fsp3) is 0.529. The van der Waals surface area contributed by atoms with Crippen LogP contribution >= 0.6 is 0 Å². The molecule has 130 valence electrons. The molecule has 0 bridgehead atoms. The number of ether oxygens (including phenoxy) is 3. The number of para-hydroxylation sites is 1. The Bertz CT molecular complexity index is 663. The van der Waals surface area contributed by atoms with Crippen molar-refractivity contribution >= 4 is 11.9 Å². The average Bonchev–Trinajstić information content (AvgIpc) is 3.08. The SMILES string of the molecule is CC1(C)Cc2cccc(OCC(=O)NC3(C(=O)O)CCOC3)c2O1. The van der Waals surface area contributed by atoms with Gasteiger partial charge in [0.15, 0.2) is 23.6 Å². The van der Waals surface area contributed by atoms with Gasteiger partial charge in [0, 0.05) is 25.0 Å². The van der Waals surface area contributed by atoms with Crippen molar-refractivity contribution in [3.63, 3.8) is 0 Å². The van der Waals surface area contributed by atoms with Crippen LogP contribution in [0, 0.1) is 0 Å². The monoisotopic (exact) mass is 335 g/mol. The molecule has 2 N–H and O–H groups in total. The van der Waals surface area contributed by atoms with Crippen LogP contribution in [0.4, 0.5) is 0 Å². The number of carbonyl (C=O) groups is 2. The first-order valence-electron chi connectivity index (χ1n) is 7.87. The van der Waals surface area contributed by atoms with Crippen molar-refractivity contribution in [2.75, 3.05) is 19.8 Å². The number of amides is 1. The Morgan fingerprint density at radius 1 is 1.38 bits per heavy atom. The molecule has 2 aliphatic heterocycles. The summed E-state index contributed by atoms with van der Waals surface area (Å²) in [7, 11) is 0. The lowest BCUT2D eigenvalue weighted by Crippen LogP contribution is -2.56. The molecular weight excluding hydrogens is 314 g/mol. The van der Waals surface area contributed by atoms with Crippen LogP contribution in [0.25, 0.3) is 0 Å². The van der Waals surface area contributed by atoms with Gasteiger partial charge >= 0.3 is 5.97 Å². The normalized spacial score (nSPS) is 24.1. The first-order chi connectivity index (χ1) is 11.3. The fourth-order valence-corrected chi connectivity index (χ4v) is 3.03. The lowest BCUT2D eigenvalue weighted by Gasteiger charge is -2.23. The highest BCUT2D eigenvalue weighted by Crippen LogP contribution is 2.41. The number of aliphatic carboxylic acids is 1. The molecule has 2 heterocycles. The summed E-state index contributed by atoms with van der Waals surface area (Å²) in [5.41, 5.74) is -0.639. The van der Waals surface area contributed by atoms with E-state index in [1.807, 2.05) is 26.0 Å². The second-order valence-electron chi connectivity index (χ2n) is 6.81. The second-order valence-corrected chi connectivity index (χ2v) is 6.81. The zero-order valence-electron chi connectivity index (χ0n) is 13.8. The molecule has 7 nitrogen and oxygen atoms in total. The average molecular weight is 335 g/mol. The second kappa shape index (κ2) is 5.98. The van der Waals surface area contributed by atoms with Crippen molar-refractivity contribution in [2.45, 2.75) is 37.8 Å². The Morgan fingerprint density at radius 2 is 2.17 bits per heavy atom. The topological polar surface area (TPSA) is 94.1 Å². The van der Waals surface area contributed by atoms with Crippen LogP contribution in [0.1, 0.15) is 25.8 Å². The van der Waals surface area contributed by atoms with Crippen molar-refractivity contribution in [2.24, 2.45) is 0 Å². The standard InChI is InChI=1S/C17H21NO6/c1-16(2)8-11-4-3-5-12(14(11)24-16)23-9-13(19)18-17(15(20)21)6-7-22-10-17/h3-5H,6-10H2,1-2H3,(H,18,19)(H,20,21). The Hall–Kier alpha value is -2.28. The molecule has 1 aromatic carbocycles. The summed E-state index contributed by atoms with van der Waals surface area (Å²) in [4.78, 5) is 23.5. The molecular formula is C17H21NO6. The van der Waals surface area contributed by atoms with Gasteiger partial charge in [-0.3, -0.25) is 4.79 Å². The molecule has 1 aromatic rings. The third kappa shape index (κ3) is 3.17. The van der Waals surface area contributed by atoms with E-state index in [4.69, 9.17) is 14.2 Å². The van der Waals surface area contributed by atoms with Crippen LogP contribution in [0.5, 0.6) is 11.5 Å². The molecule has 1 unspecified atom stereocenters. The Kier molecular flexibility index (Phi) is 4.13. The van der Waals surface area contributed by atoms with E-state index in [1.165, 1.54) is 0 Å². The van der Waals surface area contributed by atoms with Gasteiger partial charge in [0.2, 0.25) is 0 Å². The predicted octanol–water partition coefficient (Wildman–Crippen LogP) is 1.14. The summed E-state index contributed by atoms with van der Waals surface area (Å²) in [6.07, 6.45) is 1.01. The molecule has 0 radical (unpaired) electrons. The number of carboxylic acid groups (broad SMARTS) is 1. The van der Waals surface area contributed by atoms with Crippen LogP contribution in [0.2, 0.25) is 0 Å². The molecule has 0 saturated carbocycles. The number of fused-ring (bicyclic) bond motifs is 1. The summed E-state index contributed by atoms with van der Waals surface area (Å²) in [5, 5.41) is 11.8. The molecule has 1 saturated heterocycles. The van der Waals surface area contributed by atoms with Crippen molar-refractivity contribution in [3.05, 3.63) is 23.8 Å². The van der Waals surface area contributed by atoms with Gasteiger partial charge in [-0.25, -0.2) is 4.79 Å². The van der Waals surface area contributed by atoms with Gasteiger partial charge < -0.3 is 24.6 Å². The van der Waals surface area contributed by atoms with Gasteiger partial charge in [0.25, 0.3) is 5.91 Å². The summed E-state index contributed by atoms with van der Waals surface area (Å²) >= 11 is 0. The molecule has 1 atom stereocenters. The molecule has 0 spiro atoms. The lowest BCUT2D eigenvalue weighted by molar-refractivity contribution is -0.148. The number of hydrogen-bond acceptors (Lipinski definition) is 5. The highest BCUT2D eigenvalue weighted by atomic mass is 16.5. The van der Waals surface area contributed by atoms with Crippen molar-refractivity contribution in [1.82, 2.24) is 5.32 Å². The van der Waals surface area contributed by atoms with Crippen LogP contribution in [-0.4, -0.2) is 47.9 Å². The summed E-state index contributed by atoms with van der Waals surface area (Å²) in [5.74, 6) is -0.468. The first-order valence-corrected chi connectivity index (χ1v) is 7.87. The molecule has 0 aromatic heterocycles. The lowest BCUT2D eigenvalue weighted by atomic mass is 9.99. The molecule has 2 aliphatic rings. The number of rotatable bonds is 5. The molecule has 1 fully saturated rings. The quantitative estimate of drug-likeness (QED) is 0.838. The smallest absolute Gasteiger partial charge is 0.331 e. The van der Waals surface area contributed by atoms with Gasteiger partial charge in [0.05, 0.1) is 6.61 Å². The van der Waals surface area contributed by atoms with Crippen LogP contribution < -0.4 is 14.8 Å². The Labute approximate surface area is 139 Å². The van der Waals surface area contributed by atoms with E-state index < -0.39 is 17.4 Å². The third-order valence-corrected chi connectivity index (χ3v) is 4.22. The van der Waals surface area contributed by atoms with Gasteiger partial charge in [-0.05, 0) is 19.9 Å². The maximum atomic E-state index is 12.1. The third-order valence-electron chi connectivity index (χ3n) is 4.22. The minimum Gasteiger partial charge on any atom is -0.483 e. The van der Waals surface area contributed by atoms with E-state index in [2.05, 4.69) is 5.32 Å². The van der Waals surface area contributed by atoms with E-state index in [-0.39, 0.29) is 25.2 Å². The van der Waals surface area contributed by atoms with Gasteiger partial charge in [-0.1, -0.05) is 12.1 Å². The minimum atomic E-state index is -1.36. The highest BCUT2D eigenvalue weighted by molar-refractivity contribution is 5.88. The zero-order valence-corrected chi connectivity index (χ0v) is 13.8. The minimum absolute atomic E-state index is 0.0356. The molecule has 1 amide bonds. The van der Waals surface area contributed by atoms with Crippen LogP contribution in [0.3, 0.4) is 0 Å². The number of benzene rings is 1. The summed E-state index contributed by atoms with van der Waals surface area (Å²) < 4.78 is 16.6. The Balaban J connectivity index is 1.64. The van der Waals surface area contributed by atoms with E-state index in [0.717, 1.165) is 12.0 Å². The number of carboxylic acids is 1. The van der Waals surface area contributed by atoms with Crippen LogP contribution in [-0.2, 0) is 20.7 Å². The van der Waals surface area contributed by atoms with E-state index in [0.29, 0.717) is 18.1 Å². The largest absolute Gasteiger partial charge is 0.483 e. The van der Waals surface area contributed by atoms with Crippen LogP contribution in [0.15, 0.2) is 18.2 Å². The van der Waals surface area contributed by atoms with Crippen molar-refractivity contribution in [1.29, 1.82) is 0 Å². The van der Waals surface area contributed by atoms with E-state index in [1.54, 1.807) is 6.07 Å². The maximum Gasteiger partial charge on any atom is 0.331 e. The highest BCUT2D eigenvalue weighted by Gasteiger charge is 2.44. The number of nitrogens with one attached hydrogen (secondary N) is 1. The predicted molar refractivity (Wildman–Crippen MR) is 84.3 cm³/mol. The molecule has 3 rings (SSSR count). The number of hydrogen-bond donors (Lipinski definition) is 2. The Morgan fingerprint density at radius 3 is 2.83 bits per heavy atom. The number of carbonyl (C=O) groups excluding carboxylic acids is 1. The fourth-order valence-electron chi connectivity index (χ4n) is 3.03. The first kappa shape index (κ1) is 16.6. The van der Waals surface area contributed by atoms with Crippen molar-refractivity contribution < 1.29 is 28.9 Å². The summed E-state index contributed by atoms with van der Waals surface area (Å²) in [6, 6.07) is 5.55. The van der Waals surface area contributed by atoms with Gasteiger partial charge in [-0.2, -0.15) is 0 Å². The summed E-state index contributed by atoms with van der Waals surface area (Å²) in [6.45, 7) is 3.96. The molecule has 24 heavy (non-hydrogen) atoms. The van der Waals surface area contributed by atoms with E-state index in [9.17, 15) is 14.7 Å². The zero-order chi connectivity index (χ0) is 17.4. The molecule has 0 aliphatic carbocycles. The maximum absolute atomic E-state index is 12.1.